The summed E-state index contributed by atoms with van der Waals surface area (Å²) in [5.41, 5.74) is -0.0684. The minimum Gasteiger partial charge on any atom is -0.314 e. The minimum atomic E-state index is -0.0684. The molecule has 0 aliphatic heterocycles. The fourth-order valence-corrected chi connectivity index (χ4v) is 3.33. The SMILES string of the molecule is CCCNC1CCC(Sc2nccc(=O)[nH]2)C1. The summed E-state index contributed by atoms with van der Waals surface area (Å²) >= 11 is 1.70. The molecular weight excluding hydrogens is 234 g/mol. The van der Waals surface area contributed by atoms with Gasteiger partial charge in [0.2, 0.25) is 0 Å². The van der Waals surface area contributed by atoms with Crippen molar-refractivity contribution in [3.63, 3.8) is 0 Å². The molecule has 2 N–H and O–H groups in total. The molecular formula is C12H19N3OS. The molecule has 0 saturated heterocycles. The summed E-state index contributed by atoms with van der Waals surface area (Å²) in [6, 6.07) is 2.09. The summed E-state index contributed by atoms with van der Waals surface area (Å²) < 4.78 is 0. The lowest BCUT2D eigenvalue weighted by molar-refractivity contribution is 0.524. The number of thioether (sulfide) groups is 1. The molecule has 1 aliphatic rings. The van der Waals surface area contributed by atoms with Crippen LogP contribution in [0.1, 0.15) is 32.6 Å². The monoisotopic (exact) mass is 253 g/mol. The minimum absolute atomic E-state index is 0.0684. The van der Waals surface area contributed by atoms with Gasteiger partial charge in [0.15, 0.2) is 5.16 Å². The largest absolute Gasteiger partial charge is 0.314 e. The maximum absolute atomic E-state index is 11.1. The Morgan fingerprint density at radius 1 is 1.59 bits per heavy atom. The molecule has 4 nitrogen and oxygen atoms in total. The van der Waals surface area contributed by atoms with Crippen LogP contribution in [-0.2, 0) is 0 Å². The van der Waals surface area contributed by atoms with Gasteiger partial charge in [-0.05, 0) is 32.2 Å². The summed E-state index contributed by atoms with van der Waals surface area (Å²) in [6.07, 6.45) is 6.35. The highest BCUT2D eigenvalue weighted by molar-refractivity contribution is 7.99. The van der Waals surface area contributed by atoms with E-state index in [2.05, 4.69) is 22.2 Å². The van der Waals surface area contributed by atoms with Crippen molar-refractivity contribution < 1.29 is 0 Å². The molecule has 0 aromatic carbocycles. The smallest absolute Gasteiger partial charge is 0.251 e. The van der Waals surface area contributed by atoms with Crippen LogP contribution < -0.4 is 10.9 Å². The van der Waals surface area contributed by atoms with Crippen LogP contribution in [0.15, 0.2) is 22.2 Å². The molecule has 0 amide bonds. The van der Waals surface area contributed by atoms with Crippen molar-refractivity contribution in [1.29, 1.82) is 0 Å². The first kappa shape index (κ1) is 12.6. The van der Waals surface area contributed by atoms with Gasteiger partial charge in [0, 0.05) is 23.6 Å². The Morgan fingerprint density at radius 2 is 2.47 bits per heavy atom. The number of nitrogens with zero attached hydrogens (tertiary/aromatic N) is 1. The van der Waals surface area contributed by atoms with Crippen molar-refractivity contribution in [3.05, 3.63) is 22.6 Å². The molecule has 1 saturated carbocycles. The van der Waals surface area contributed by atoms with E-state index in [9.17, 15) is 4.79 Å². The molecule has 5 heteroatoms. The second-order valence-corrected chi connectivity index (χ2v) is 5.73. The fraction of sp³-hybridized carbons (Fsp3) is 0.667. The number of hydrogen-bond acceptors (Lipinski definition) is 4. The van der Waals surface area contributed by atoms with Crippen LogP contribution in [0, 0.1) is 0 Å². The van der Waals surface area contributed by atoms with Crippen molar-refractivity contribution >= 4 is 11.8 Å². The van der Waals surface area contributed by atoms with Crippen molar-refractivity contribution in [3.8, 4) is 0 Å². The lowest BCUT2D eigenvalue weighted by Crippen LogP contribution is -2.27. The van der Waals surface area contributed by atoms with Gasteiger partial charge in [-0.3, -0.25) is 4.79 Å². The third-order valence-corrected chi connectivity index (χ3v) is 4.19. The number of nitrogens with one attached hydrogen (secondary N) is 2. The van der Waals surface area contributed by atoms with Gasteiger partial charge < -0.3 is 10.3 Å². The normalized spacial score (nSPS) is 24.1. The van der Waals surface area contributed by atoms with E-state index in [4.69, 9.17) is 0 Å². The first-order chi connectivity index (χ1) is 8.28. The third-order valence-electron chi connectivity index (χ3n) is 2.99. The first-order valence-corrected chi connectivity index (χ1v) is 7.11. The summed E-state index contributed by atoms with van der Waals surface area (Å²) in [6.45, 7) is 3.29. The number of aromatic nitrogens is 2. The quantitative estimate of drug-likeness (QED) is 0.785. The molecule has 2 rings (SSSR count). The zero-order valence-corrected chi connectivity index (χ0v) is 10.9. The second-order valence-electron chi connectivity index (χ2n) is 4.44. The van der Waals surface area contributed by atoms with Crippen molar-refractivity contribution in [2.45, 2.75) is 49.1 Å². The molecule has 0 bridgehead atoms. The van der Waals surface area contributed by atoms with Crippen LogP contribution in [0.25, 0.3) is 0 Å². The highest BCUT2D eigenvalue weighted by atomic mass is 32.2. The van der Waals surface area contributed by atoms with Gasteiger partial charge in [0.25, 0.3) is 5.56 Å². The van der Waals surface area contributed by atoms with E-state index in [1.165, 1.54) is 31.7 Å². The summed E-state index contributed by atoms with van der Waals surface area (Å²) in [5.74, 6) is 0. The van der Waals surface area contributed by atoms with Crippen LogP contribution in [0.2, 0.25) is 0 Å². The lowest BCUT2D eigenvalue weighted by atomic mass is 10.2. The zero-order valence-electron chi connectivity index (χ0n) is 10.1. The van der Waals surface area contributed by atoms with E-state index in [0.29, 0.717) is 11.3 Å². The number of rotatable bonds is 5. The molecule has 0 radical (unpaired) electrons. The van der Waals surface area contributed by atoms with Gasteiger partial charge in [-0.15, -0.1) is 0 Å². The number of hydrogen-bond donors (Lipinski definition) is 2. The molecule has 1 aromatic heterocycles. The summed E-state index contributed by atoms with van der Waals surface area (Å²) in [7, 11) is 0. The van der Waals surface area contributed by atoms with Gasteiger partial charge in [0.05, 0.1) is 0 Å². The van der Waals surface area contributed by atoms with E-state index in [0.717, 1.165) is 11.7 Å². The molecule has 2 unspecified atom stereocenters. The summed E-state index contributed by atoms with van der Waals surface area (Å²) in [5, 5.41) is 4.88. The molecule has 17 heavy (non-hydrogen) atoms. The summed E-state index contributed by atoms with van der Waals surface area (Å²) in [4.78, 5) is 18.1. The Hall–Kier alpha value is -0.810. The molecule has 2 atom stereocenters. The Labute approximate surface area is 106 Å². The molecule has 1 aliphatic carbocycles. The maximum Gasteiger partial charge on any atom is 0.251 e. The average molecular weight is 253 g/mol. The van der Waals surface area contributed by atoms with E-state index < -0.39 is 0 Å². The zero-order chi connectivity index (χ0) is 12.1. The number of aromatic amines is 1. The highest BCUT2D eigenvalue weighted by Crippen LogP contribution is 2.32. The Morgan fingerprint density at radius 3 is 3.24 bits per heavy atom. The van der Waals surface area contributed by atoms with Crippen LogP contribution >= 0.6 is 11.8 Å². The molecule has 1 fully saturated rings. The van der Waals surface area contributed by atoms with Gasteiger partial charge in [-0.2, -0.15) is 0 Å². The van der Waals surface area contributed by atoms with E-state index in [1.807, 2.05) is 0 Å². The van der Waals surface area contributed by atoms with Crippen molar-refractivity contribution in [2.75, 3.05) is 6.54 Å². The Balaban J connectivity index is 1.83. The second kappa shape index (κ2) is 6.21. The molecule has 0 spiro atoms. The molecule has 1 aromatic rings. The average Bonchev–Trinajstić information content (AvgIpc) is 2.74. The van der Waals surface area contributed by atoms with Crippen LogP contribution in [0.5, 0.6) is 0 Å². The van der Waals surface area contributed by atoms with Gasteiger partial charge in [-0.25, -0.2) is 4.98 Å². The third kappa shape index (κ3) is 3.85. The standard InChI is InChI=1S/C12H19N3OS/c1-2-6-13-9-3-4-10(8-9)17-12-14-7-5-11(16)15-12/h5,7,9-10,13H,2-4,6,8H2,1H3,(H,14,15,16). The molecule has 94 valence electrons. The fourth-order valence-electron chi connectivity index (χ4n) is 2.15. The maximum atomic E-state index is 11.1. The molecule has 1 heterocycles. The van der Waals surface area contributed by atoms with Crippen molar-refractivity contribution in [2.24, 2.45) is 0 Å². The van der Waals surface area contributed by atoms with E-state index >= 15 is 0 Å². The van der Waals surface area contributed by atoms with Crippen LogP contribution in [0.4, 0.5) is 0 Å². The van der Waals surface area contributed by atoms with Crippen LogP contribution in [0.3, 0.4) is 0 Å². The predicted molar refractivity (Wildman–Crippen MR) is 70.4 cm³/mol. The van der Waals surface area contributed by atoms with E-state index in [-0.39, 0.29) is 5.56 Å². The topological polar surface area (TPSA) is 57.8 Å². The number of H-pyrrole nitrogens is 1. The Bertz CT molecular complexity index is 407. The van der Waals surface area contributed by atoms with Gasteiger partial charge in [-0.1, -0.05) is 18.7 Å². The van der Waals surface area contributed by atoms with Gasteiger partial charge in [0.1, 0.15) is 0 Å². The highest BCUT2D eigenvalue weighted by Gasteiger charge is 2.25. The predicted octanol–water partition coefficient (Wildman–Crippen LogP) is 1.78. The van der Waals surface area contributed by atoms with E-state index in [1.54, 1.807) is 18.0 Å². The van der Waals surface area contributed by atoms with Gasteiger partial charge >= 0.3 is 0 Å². The lowest BCUT2D eigenvalue weighted by Gasteiger charge is -2.11. The van der Waals surface area contributed by atoms with Crippen molar-refractivity contribution in [1.82, 2.24) is 15.3 Å². The van der Waals surface area contributed by atoms with Crippen LogP contribution in [-0.4, -0.2) is 27.8 Å². The first-order valence-electron chi connectivity index (χ1n) is 6.23. The Kier molecular flexibility index (Phi) is 4.62.